The van der Waals surface area contributed by atoms with Crippen LogP contribution in [0.5, 0.6) is 0 Å². The number of ether oxygens (including phenoxy) is 2. The van der Waals surface area contributed by atoms with Gasteiger partial charge in [0.15, 0.2) is 0 Å². The Morgan fingerprint density at radius 2 is 1.78 bits per heavy atom. The van der Waals surface area contributed by atoms with Crippen LogP contribution in [-0.4, -0.2) is 76.1 Å². The number of alkyl carbamates (subject to hydrolysis) is 1. The molecule has 3 amide bonds. The van der Waals surface area contributed by atoms with Crippen molar-refractivity contribution in [3.8, 4) is 0 Å². The maximum atomic E-state index is 12.9. The summed E-state index contributed by atoms with van der Waals surface area (Å²) in [6.07, 6.45) is 9.00. The Hall–Kier alpha value is -4.29. The first kappa shape index (κ1) is 45.7. The quantitative estimate of drug-likeness (QED) is 0.128. The molecule has 2 atom stereocenters. The zero-order valence-corrected chi connectivity index (χ0v) is 31.7. The number of benzene rings is 1. The Kier molecular flexibility index (Phi) is 22.7. The van der Waals surface area contributed by atoms with Crippen molar-refractivity contribution in [3.63, 3.8) is 0 Å². The lowest BCUT2D eigenvalue weighted by molar-refractivity contribution is -0.148. The predicted octanol–water partition coefficient (Wildman–Crippen LogP) is 6.50. The number of aromatic nitrogens is 2. The molecule has 0 spiro atoms. The zero-order valence-electron chi connectivity index (χ0n) is 31.7. The summed E-state index contributed by atoms with van der Waals surface area (Å²) in [6.45, 7) is 19.0. The summed E-state index contributed by atoms with van der Waals surface area (Å²) in [4.78, 5) is 68.8. The largest absolute Gasteiger partial charge is 0.464 e. The van der Waals surface area contributed by atoms with E-state index < -0.39 is 35.7 Å². The summed E-state index contributed by atoms with van der Waals surface area (Å²) >= 11 is 0. The molecule has 2 unspecified atom stereocenters. The second-order valence-corrected chi connectivity index (χ2v) is 11.9. The molecule has 1 aliphatic rings. The Morgan fingerprint density at radius 3 is 2.40 bits per heavy atom. The number of allylic oxidation sites excluding steroid dienone is 1. The van der Waals surface area contributed by atoms with Crippen LogP contribution in [0.25, 0.3) is 11.0 Å². The van der Waals surface area contributed by atoms with Crippen molar-refractivity contribution < 1.29 is 33.0 Å². The maximum Gasteiger partial charge on any atom is 0.408 e. The van der Waals surface area contributed by atoms with Crippen LogP contribution in [0, 0.1) is 12.7 Å². The molecule has 0 radical (unpaired) electrons. The minimum absolute atomic E-state index is 0.218. The van der Waals surface area contributed by atoms with Crippen LogP contribution in [-0.2, 0) is 23.9 Å². The van der Waals surface area contributed by atoms with Gasteiger partial charge >= 0.3 is 12.1 Å². The molecular formula is C37H60FN5O7. The molecule has 2 heterocycles. The maximum absolute atomic E-state index is 12.9. The number of likely N-dealkylation sites (tertiary alicyclic amines) is 1. The van der Waals surface area contributed by atoms with Crippen LogP contribution in [0.3, 0.4) is 0 Å². The first-order valence-corrected chi connectivity index (χ1v) is 17.8. The summed E-state index contributed by atoms with van der Waals surface area (Å²) in [6, 6.07) is 2.60. The average Bonchev–Trinajstić information content (AvgIpc) is 3.57. The SMILES string of the molecule is CC.CC.CCCCC/C=C\CC(NC(=O)C1CCCN1C(=O)CNC(=O)OC(C)(C)C)C(=O)OCC.Cc1nc2ccc(F)cc2[nH]c1=O. The number of aryl methyl sites for hydroxylation is 1. The highest BCUT2D eigenvalue weighted by atomic mass is 19.1. The smallest absolute Gasteiger partial charge is 0.408 e. The Balaban J connectivity index is 0.00000116. The van der Waals surface area contributed by atoms with E-state index in [-0.39, 0.29) is 30.4 Å². The number of rotatable bonds is 12. The van der Waals surface area contributed by atoms with Gasteiger partial charge in [0.1, 0.15) is 35.7 Å². The molecule has 0 bridgehead atoms. The van der Waals surface area contributed by atoms with Crippen molar-refractivity contribution in [3.05, 3.63) is 52.2 Å². The fourth-order valence-corrected chi connectivity index (χ4v) is 4.64. The van der Waals surface area contributed by atoms with Crippen molar-refractivity contribution >= 4 is 34.9 Å². The van der Waals surface area contributed by atoms with E-state index >= 15 is 0 Å². The van der Waals surface area contributed by atoms with Gasteiger partial charge in [0.25, 0.3) is 5.56 Å². The van der Waals surface area contributed by atoms with Gasteiger partial charge in [-0.05, 0) is 84.9 Å². The number of carbonyl (C=O) groups is 4. The van der Waals surface area contributed by atoms with Crippen molar-refractivity contribution in [1.29, 1.82) is 0 Å². The molecule has 1 fully saturated rings. The predicted molar refractivity (Wildman–Crippen MR) is 195 cm³/mol. The number of amides is 3. The molecular weight excluding hydrogens is 645 g/mol. The van der Waals surface area contributed by atoms with Gasteiger partial charge in [-0.15, -0.1) is 0 Å². The highest BCUT2D eigenvalue weighted by Gasteiger charge is 2.36. The van der Waals surface area contributed by atoms with Gasteiger partial charge < -0.3 is 30.0 Å². The number of unbranched alkanes of at least 4 members (excludes halogenated alkanes) is 3. The molecule has 282 valence electrons. The first-order valence-electron chi connectivity index (χ1n) is 17.8. The van der Waals surface area contributed by atoms with Crippen molar-refractivity contribution in [2.45, 2.75) is 132 Å². The molecule has 1 saturated heterocycles. The van der Waals surface area contributed by atoms with E-state index in [9.17, 15) is 28.4 Å². The third-order valence-electron chi connectivity index (χ3n) is 6.88. The minimum atomic E-state index is -0.808. The van der Waals surface area contributed by atoms with Crippen LogP contribution < -0.4 is 16.2 Å². The normalized spacial score (nSPS) is 14.2. The molecule has 13 heteroatoms. The first-order chi connectivity index (χ1) is 23.7. The van der Waals surface area contributed by atoms with Crippen LogP contribution in [0.4, 0.5) is 9.18 Å². The molecule has 0 aliphatic carbocycles. The highest BCUT2D eigenvalue weighted by molar-refractivity contribution is 5.92. The van der Waals surface area contributed by atoms with E-state index in [0.29, 0.717) is 42.5 Å². The summed E-state index contributed by atoms with van der Waals surface area (Å²) in [5.41, 5.74) is 0.460. The molecule has 1 aliphatic heterocycles. The lowest BCUT2D eigenvalue weighted by Gasteiger charge is -2.26. The summed E-state index contributed by atoms with van der Waals surface area (Å²) in [5, 5.41) is 5.19. The Labute approximate surface area is 297 Å². The molecule has 2 aromatic rings. The van der Waals surface area contributed by atoms with E-state index in [4.69, 9.17) is 9.47 Å². The van der Waals surface area contributed by atoms with Gasteiger partial charge in [0.05, 0.1) is 17.6 Å². The zero-order chi connectivity index (χ0) is 38.3. The summed E-state index contributed by atoms with van der Waals surface area (Å²) in [5.74, 6) is -1.64. The monoisotopic (exact) mass is 705 g/mol. The van der Waals surface area contributed by atoms with Gasteiger partial charge in [0.2, 0.25) is 11.8 Å². The van der Waals surface area contributed by atoms with Crippen molar-refractivity contribution in [2.75, 3.05) is 19.7 Å². The summed E-state index contributed by atoms with van der Waals surface area (Å²) < 4.78 is 23.0. The van der Waals surface area contributed by atoms with Crippen LogP contribution >= 0.6 is 0 Å². The number of nitrogens with one attached hydrogen (secondary N) is 3. The second-order valence-electron chi connectivity index (χ2n) is 11.9. The number of aromatic amines is 1. The van der Waals surface area contributed by atoms with E-state index in [1.165, 1.54) is 23.1 Å². The number of halogens is 1. The van der Waals surface area contributed by atoms with Gasteiger partial charge in [-0.25, -0.2) is 19.0 Å². The van der Waals surface area contributed by atoms with Crippen molar-refractivity contribution in [2.24, 2.45) is 0 Å². The lowest BCUT2D eigenvalue weighted by Crippen LogP contribution is -2.52. The van der Waals surface area contributed by atoms with Gasteiger partial charge in [-0.2, -0.15) is 0 Å². The Morgan fingerprint density at radius 1 is 1.10 bits per heavy atom. The molecule has 3 rings (SSSR count). The number of hydrogen-bond donors (Lipinski definition) is 3. The molecule has 50 heavy (non-hydrogen) atoms. The van der Waals surface area contributed by atoms with E-state index in [2.05, 4.69) is 27.5 Å². The number of fused-ring (bicyclic) bond motifs is 1. The average molecular weight is 706 g/mol. The van der Waals surface area contributed by atoms with Crippen molar-refractivity contribution in [1.82, 2.24) is 25.5 Å². The second kappa shape index (κ2) is 24.8. The van der Waals surface area contributed by atoms with Gasteiger partial charge in [0, 0.05) is 6.54 Å². The van der Waals surface area contributed by atoms with Gasteiger partial charge in [-0.1, -0.05) is 59.6 Å². The third kappa shape index (κ3) is 17.4. The molecule has 0 saturated carbocycles. The molecule has 3 N–H and O–H groups in total. The number of nitrogens with zero attached hydrogens (tertiary/aromatic N) is 2. The fraction of sp³-hybridized carbons (Fsp3) is 0.622. The third-order valence-corrected chi connectivity index (χ3v) is 6.88. The number of H-pyrrole nitrogens is 1. The fourth-order valence-electron chi connectivity index (χ4n) is 4.64. The molecule has 1 aromatic carbocycles. The number of carbonyl (C=O) groups excluding carboxylic acids is 4. The van der Waals surface area contributed by atoms with E-state index in [1.54, 1.807) is 34.6 Å². The van der Waals surface area contributed by atoms with E-state index in [1.807, 2.05) is 39.8 Å². The van der Waals surface area contributed by atoms with Gasteiger partial charge in [-0.3, -0.25) is 14.4 Å². The van der Waals surface area contributed by atoms with Crippen LogP contribution in [0.15, 0.2) is 35.1 Å². The molecule has 1 aromatic heterocycles. The topological polar surface area (TPSA) is 160 Å². The minimum Gasteiger partial charge on any atom is -0.464 e. The highest BCUT2D eigenvalue weighted by Crippen LogP contribution is 2.18. The number of esters is 1. The number of hydrogen-bond acceptors (Lipinski definition) is 8. The standard InChI is InChI=1S/C24H41N3O6.C9H7FN2O.2C2H6/c1-6-8-9-10-11-12-14-18(22(30)32-7-2)26-21(29)19-15-13-16-27(19)20(28)17-25-23(31)33-24(3,4)5;1-5-9(13)12-8-4-6(10)2-3-7(8)11-5;2*1-2/h11-12,18-19H,6-10,13-17H2,1-5H3,(H,25,31)(H,26,29);2-4H,1H3,(H,12,13);2*1-2H3/b12-11-;;;. The van der Waals surface area contributed by atoms with E-state index in [0.717, 1.165) is 25.7 Å². The Bertz CT molecular complexity index is 1420. The summed E-state index contributed by atoms with van der Waals surface area (Å²) in [7, 11) is 0. The van der Waals surface area contributed by atoms with Crippen LogP contribution in [0.2, 0.25) is 0 Å². The van der Waals surface area contributed by atoms with Crippen LogP contribution in [0.1, 0.15) is 113 Å². The molecule has 12 nitrogen and oxygen atoms in total. The lowest BCUT2D eigenvalue weighted by atomic mass is 10.1.